The maximum Gasteiger partial charge on any atom is 0.357 e. The standard InChI is InChI=1S/C23H17N3O8S/c1-33-19-13-14(9-11-17-21(26(29)30)22(27)25-23(28)24-17)10-12-18(19)34-35(31,32)20-8-4-6-15-5-2-3-7-16(15)20/h2-13H,1H3,(H2,24,25,27,28)/b11-9+. The molecule has 2 N–H and O–H groups in total. The first kappa shape index (κ1) is 23.4. The summed E-state index contributed by atoms with van der Waals surface area (Å²) in [5.41, 5.74) is -2.75. The van der Waals surface area contributed by atoms with Gasteiger partial charge in [-0.25, -0.2) is 4.79 Å². The van der Waals surface area contributed by atoms with Crippen LogP contribution in [0.3, 0.4) is 0 Å². The third kappa shape index (κ3) is 4.82. The van der Waals surface area contributed by atoms with Gasteiger partial charge in [-0.2, -0.15) is 8.42 Å². The molecule has 35 heavy (non-hydrogen) atoms. The van der Waals surface area contributed by atoms with Crippen molar-refractivity contribution in [3.63, 3.8) is 0 Å². The van der Waals surface area contributed by atoms with Gasteiger partial charge in [0.15, 0.2) is 11.5 Å². The molecule has 11 nitrogen and oxygen atoms in total. The summed E-state index contributed by atoms with van der Waals surface area (Å²) in [6.07, 6.45) is 2.56. The average Bonchev–Trinajstić information content (AvgIpc) is 2.82. The molecule has 178 valence electrons. The molecule has 0 unspecified atom stereocenters. The van der Waals surface area contributed by atoms with Gasteiger partial charge in [-0.15, -0.1) is 0 Å². The van der Waals surface area contributed by atoms with Crippen LogP contribution in [0.4, 0.5) is 5.69 Å². The Balaban J connectivity index is 1.68. The maximum atomic E-state index is 13.0. The van der Waals surface area contributed by atoms with Crippen LogP contribution in [0, 0.1) is 10.1 Å². The predicted molar refractivity (Wildman–Crippen MR) is 128 cm³/mol. The molecule has 4 rings (SSSR count). The number of rotatable bonds is 7. The van der Waals surface area contributed by atoms with Crippen LogP contribution >= 0.6 is 0 Å². The van der Waals surface area contributed by atoms with Gasteiger partial charge in [-0.05, 0) is 35.2 Å². The van der Waals surface area contributed by atoms with Crippen molar-refractivity contribution >= 4 is 38.7 Å². The lowest BCUT2D eigenvalue weighted by Crippen LogP contribution is -2.25. The monoisotopic (exact) mass is 495 g/mol. The Kier molecular flexibility index (Phi) is 6.21. The number of aromatic nitrogens is 2. The highest BCUT2D eigenvalue weighted by atomic mass is 32.2. The summed E-state index contributed by atoms with van der Waals surface area (Å²) in [5, 5.41) is 12.4. The normalized spacial score (nSPS) is 11.6. The average molecular weight is 495 g/mol. The van der Waals surface area contributed by atoms with Crippen molar-refractivity contribution in [1.29, 1.82) is 0 Å². The van der Waals surface area contributed by atoms with Gasteiger partial charge in [0.2, 0.25) is 0 Å². The van der Waals surface area contributed by atoms with Gasteiger partial charge in [-0.1, -0.05) is 48.5 Å². The fourth-order valence-corrected chi connectivity index (χ4v) is 4.58. The molecule has 0 fully saturated rings. The van der Waals surface area contributed by atoms with Crippen LogP contribution in [0.25, 0.3) is 22.9 Å². The third-order valence-electron chi connectivity index (χ3n) is 4.98. The van der Waals surface area contributed by atoms with E-state index in [4.69, 9.17) is 8.92 Å². The number of hydrogen-bond donors (Lipinski definition) is 2. The molecular formula is C23H17N3O8S. The Labute approximate surface area is 197 Å². The quantitative estimate of drug-likeness (QED) is 0.225. The number of aromatic amines is 2. The van der Waals surface area contributed by atoms with E-state index in [1.807, 2.05) is 0 Å². The van der Waals surface area contributed by atoms with E-state index in [-0.39, 0.29) is 22.1 Å². The smallest absolute Gasteiger partial charge is 0.357 e. The molecule has 4 aromatic rings. The predicted octanol–water partition coefficient (Wildman–Crippen LogP) is 3.07. The molecule has 0 bridgehead atoms. The minimum atomic E-state index is -4.22. The van der Waals surface area contributed by atoms with Gasteiger partial charge in [0.1, 0.15) is 10.6 Å². The number of methoxy groups -OCH3 is 1. The van der Waals surface area contributed by atoms with Crippen LogP contribution in [0.2, 0.25) is 0 Å². The number of nitrogens with one attached hydrogen (secondary N) is 2. The number of fused-ring (bicyclic) bond motifs is 1. The number of nitrogens with zero attached hydrogens (tertiary/aromatic N) is 1. The van der Waals surface area contributed by atoms with E-state index in [1.54, 1.807) is 41.4 Å². The minimum absolute atomic E-state index is 0.00723. The topological polar surface area (TPSA) is 161 Å². The highest BCUT2D eigenvalue weighted by Crippen LogP contribution is 2.33. The fraction of sp³-hybridized carbons (Fsp3) is 0.0435. The van der Waals surface area contributed by atoms with E-state index in [1.165, 1.54) is 43.5 Å². The molecule has 1 aromatic heterocycles. The second-order valence-corrected chi connectivity index (χ2v) is 8.70. The Morgan fingerprint density at radius 3 is 2.43 bits per heavy atom. The van der Waals surface area contributed by atoms with Gasteiger partial charge < -0.3 is 13.9 Å². The molecule has 0 atom stereocenters. The third-order valence-corrected chi connectivity index (χ3v) is 6.27. The highest BCUT2D eigenvalue weighted by Gasteiger charge is 2.22. The van der Waals surface area contributed by atoms with Crippen LogP contribution in [0.5, 0.6) is 11.5 Å². The van der Waals surface area contributed by atoms with Gasteiger partial charge in [-0.3, -0.25) is 19.9 Å². The summed E-state index contributed by atoms with van der Waals surface area (Å²) in [4.78, 5) is 37.5. The Morgan fingerprint density at radius 2 is 1.69 bits per heavy atom. The largest absolute Gasteiger partial charge is 0.493 e. The molecule has 0 aliphatic rings. The van der Waals surface area contributed by atoms with Crippen LogP contribution in [0.15, 0.2) is 75.1 Å². The summed E-state index contributed by atoms with van der Waals surface area (Å²) in [7, 11) is -2.90. The zero-order chi connectivity index (χ0) is 25.2. The fourth-order valence-electron chi connectivity index (χ4n) is 3.41. The SMILES string of the molecule is COc1cc(/C=C/c2[nH]c(=O)[nH]c(=O)c2[N+](=O)[O-])ccc1OS(=O)(=O)c1cccc2ccccc12. The number of nitro groups is 1. The summed E-state index contributed by atoms with van der Waals surface area (Å²) >= 11 is 0. The van der Waals surface area contributed by atoms with E-state index in [9.17, 15) is 28.1 Å². The molecule has 0 spiro atoms. The number of H-pyrrole nitrogens is 2. The van der Waals surface area contributed by atoms with Crippen molar-refractivity contribution in [3.05, 3.63) is 103 Å². The Morgan fingerprint density at radius 1 is 0.943 bits per heavy atom. The molecule has 0 amide bonds. The maximum absolute atomic E-state index is 13.0. The van der Waals surface area contributed by atoms with Crippen molar-refractivity contribution in [1.82, 2.24) is 9.97 Å². The number of ether oxygens (including phenoxy) is 1. The van der Waals surface area contributed by atoms with Gasteiger partial charge in [0.05, 0.1) is 12.0 Å². The lowest BCUT2D eigenvalue weighted by atomic mass is 10.1. The van der Waals surface area contributed by atoms with Crippen LogP contribution in [0.1, 0.15) is 11.3 Å². The van der Waals surface area contributed by atoms with E-state index < -0.39 is 32.0 Å². The molecule has 12 heteroatoms. The van der Waals surface area contributed by atoms with Gasteiger partial charge in [0.25, 0.3) is 0 Å². The lowest BCUT2D eigenvalue weighted by molar-refractivity contribution is -0.386. The summed E-state index contributed by atoms with van der Waals surface area (Å²) in [6, 6.07) is 16.1. The molecule has 0 saturated carbocycles. The summed E-state index contributed by atoms with van der Waals surface area (Å²) in [5.74, 6) is -0.00186. The van der Waals surface area contributed by atoms with Crippen molar-refractivity contribution < 1.29 is 22.3 Å². The van der Waals surface area contributed by atoms with E-state index in [0.717, 1.165) is 5.39 Å². The van der Waals surface area contributed by atoms with E-state index in [2.05, 4.69) is 4.98 Å². The molecule has 1 heterocycles. The van der Waals surface area contributed by atoms with Crippen LogP contribution in [-0.4, -0.2) is 30.4 Å². The van der Waals surface area contributed by atoms with E-state index in [0.29, 0.717) is 10.9 Å². The van der Waals surface area contributed by atoms with E-state index >= 15 is 0 Å². The summed E-state index contributed by atoms with van der Waals surface area (Å²) in [6.45, 7) is 0. The van der Waals surface area contributed by atoms with Crippen LogP contribution < -0.4 is 20.2 Å². The summed E-state index contributed by atoms with van der Waals surface area (Å²) < 4.78 is 36.7. The first-order chi connectivity index (χ1) is 16.7. The first-order valence-electron chi connectivity index (χ1n) is 9.99. The van der Waals surface area contributed by atoms with Gasteiger partial charge in [0, 0.05) is 5.39 Å². The zero-order valence-electron chi connectivity index (χ0n) is 18.0. The Hall–Kier alpha value is -4.71. The van der Waals surface area contributed by atoms with Crippen molar-refractivity contribution in [2.75, 3.05) is 7.11 Å². The first-order valence-corrected chi connectivity index (χ1v) is 11.4. The Bertz CT molecular complexity index is 1700. The lowest BCUT2D eigenvalue weighted by Gasteiger charge is -2.13. The number of hydrogen-bond acceptors (Lipinski definition) is 8. The molecule has 0 aliphatic carbocycles. The van der Waals surface area contributed by atoms with Crippen molar-refractivity contribution in [2.24, 2.45) is 0 Å². The molecule has 0 radical (unpaired) electrons. The zero-order valence-corrected chi connectivity index (χ0v) is 18.9. The second kappa shape index (κ2) is 9.27. The highest BCUT2D eigenvalue weighted by molar-refractivity contribution is 7.87. The molecule has 3 aromatic carbocycles. The second-order valence-electron chi connectivity index (χ2n) is 7.19. The molecular weight excluding hydrogens is 478 g/mol. The van der Waals surface area contributed by atoms with Crippen molar-refractivity contribution in [3.8, 4) is 11.5 Å². The van der Waals surface area contributed by atoms with Gasteiger partial charge >= 0.3 is 27.1 Å². The minimum Gasteiger partial charge on any atom is -0.493 e. The molecule has 0 saturated heterocycles. The van der Waals surface area contributed by atoms with Crippen molar-refractivity contribution in [2.45, 2.75) is 4.90 Å². The molecule has 0 aliphatic heterocycles. The number of benzene rings is 3. The van der Waals surface area contributed by atoms with Crippen LogP contribution in [-0.2, 0) is 10.1 Å².